The maximum atomic E-state index is 12.6. The molecule has 0 aliphatic carbocycles. The second-order valence-corrected chi connectivity index (χ2v) is 6.43. The smallest absolute Gasteiger partial charge is 0.264 e. The number of nitrogens with zero attached hydrogens (tertiary/aromatic N) is 2. The van der Waals surface area contributed by atoms with Gasteiger partial charge in [0.25, 0.3) is 10.0 Å². The second kappa shape index (κ2) is 5.47. The Bertz CT molecular complexity index is 939. The number of methoxy groups -OCH3 is 1. The van der Waals surface area contributed by atoms with Gasteiger partial charge in [-0.2, -0.15) is 0 Å². The van der Waals surface area contributed by atoms with E-state index in [-0.39, 0.29) is 16.1 Å². The second-order valence-electron chi connectivity index (χ2n) is 4.34. The van der Waals surface area contributed by atoms with Crippen molar-refractivity contribution in [1.82, 2.24) is 10.3 Å². The van der Waals surface area contributed by atoms with E-state index in [9.17, 15) is 8.42 Å². The number of halogens is 1. The number of nitrogens with one attached hydrogen (secondary N) is 1. The average molecular weight is 340 g/mol. The van der Waals surface area contributed by atoms with Gasteiger partial charge in [-0.1, -0.05) is 17.7 Å². The molecule has 22 heavy (non-hydrogen) atoms. The quantitative estimate of drug-likeness (QED) is 0.785. The van der Waals surface area contributed by atoms with Gasteiger partial charge in [0, 0.05) is 5.02 Å². The summed E-state index contributed by atoms with van der Waals surface area (Å²) in [4.78, 5) is -0.0479. The summed E-state index contributed by atoms with van der Waals surface area (Å²) in [7, 11) is -2.48. The van der Waals surface area contributed by atoms with Gasteiger partial charge in [0.2, 0.25) is 0 Å². The Morgan fingerprint density at radius 3 is 2.82 bits per heavy atom. The van der Waals surface area contributed by atoms with Crippen molar-refractivity contribution in [2.75, 3.05) is 11.8 Å². The fourth-order valence-corrected chi connectivity index (χ4v) is 3.34. The fraction of sp³-hybridized carbons (Fsp3) is 0.0769. The number of aromatic nitrogens is 2. The van der Waals surface area contributed by atoms with Crippen LogP contribution in [-0.4, -0.2) is 25.8 Å². The van der Waals surface area contributed by atoms with Crippen LogP contribution in [0.1, 0.15) is 0 Å². The first-order valence-electron chi connectivity index (χ1n) is 6.09. The molecule has 7 nitrogen and oxygen atoms in total. The van der Waals surface area contributed by atoms with Gasteiger partial charge in [0.05, 0.1) is 12.8 Å². The van der Waals surface area contributed by atoms with E-state index in [0.717, 1.165) is 0 Å². The van der Waals surface area contributed by atoms with E-state index >= 15 is 0 Å². The van der Waals surface area contributed by atoms with Gasteiger partial charge in [-0.15, -0.1) is 0 Å². The molecule has 3 rings (SSSR count). The Labute approximate surface area is 130 Å². The van der Waals surface area contributed by atoms with Crippen molar-refractivity contribution in [3.8, 4) is 5.75 Å². The zero-order valence-electron chi connectivity index (χ0n) is 11.3. The maximum absolute atomic E-state index is 12.6. The zero-order valence-corrected chi connectivity index (χ0v) is 12.9. The van der Waals surface area contributed by atoms with E-state index in [1.807, 2.05) is 0 Å². The number of fused-ring (bicyclic) bond motifs is 1. The third-order valence-corrected chi connectivity index (χ3v) is 4.58. The van der Waals surface area contributed by atoms with Gasteiger partial charge in [0.1, 0.15) is 16.2 Å². The summed E-state index contributed by atoms with van der Waals surface area (Å²) in [6.45, 7) is 0. The molecule has 0 spiro atoms. The van der Waals surface area contributed by atoms with Crippen LogP contribution in [0.5, 0.6) is 5.75 Å². The first-order valence-corrected chi connectivity index (χ1v) is 7.95. The molecular weight excluding hydrogens is 330 g/mol. The highest BCUT2D eigenvalue weighted by molar-refractivity contribution is 7.93. The first-order chi connectivity index (χ1) is 10.5. The van der Waals surface area contributed by atoms with Gasteiger partial charge in [-0.3, -0.25) is 4.72 Å². The van der Waals surface area contributed by atoms with E-state index in [4.69, 9.17) is 16.3 Å². The molecule has 114 valence electrons. The van der Waals surface area contributed by atoms with Gasteiger partial charge in [-0.05, 0) is 40.6 Å². The van der Waals surface area contributed by atoms with E-state index in [1.165, 1.54) is 19.2 Å². The summed E-state index contributed by atoms with van der Waals surface area (Å²) in [5.41, 5.74) is 0.723. The van der Waals surface area contributed by atoms with E-state index < -0.39 is 10.0 Å². The molecule has 0 unspecified atom stereocenters. The molecule has 0 saturated heterocycles. The minimum atomic E-state index is -3.91. The van der Waals surface area contributed by atoms with Crippen molar-refractivity contribution in [3.05, 3.63) is 41.4 Å². The monoisotopic (exact) mass is 339 g/mol. The lowest BCUT2D eigenvalue weighted by Crippen LogP contribution is -2.14. The van der Waals surface area contributed by atoms with Crippen molar-refractivity contribution in [3.63, 3.8) is 0 Å². The van der Waals surface area contributed by atoms with Crippen molar-refractivity contribution >= 4 is 38.3 Å². The summed E-state index contributed by atoms with van der Waals surface area (Å²) in [5.74, 6) is 0.346. The van der Waals surface area contributed by atoms with Crippen LogP contribution in [0.15, 0.2) is 45.9 Å². The molecule has 1 aromatic heterocycles. The van der Waals surface area contributed by atoms with Gasteiger partial charge < -0.3 is 4.74 Å². The summed E-state index contributed by atoms with van der Waals surface area (Å²) in [6, 6.07) is 9.19. The van der Waals surface area contributed by atoms with Crippen molar-refractivity contribution < 1.29 is 17.8 Å². The third-order valence-electron chi connectivity index (χ3n) is 2.94. The van der Waals surface area contributed by atoms with Crippen LogP contribution >= 0.6 is 11.6 Å². The molecule has 0 amide bonds. The molecule has 1 heterocycles. The molecule has 0 radical (unpaired) electrons. The number of sulfonamides is 1. The highest BCUT2D eigenvalue weighted by Crippen LogP contribution is 2.30. The van der Waals surface area contributed by atoms with Crippen molar-refractivity contribution in [2.24, 2.45) is 0 Å². The number of hydrogen-bond acceptors (Lipinski definition) is 6. The predicted octanol–water partition coefficient (Wildman–Crippen LogP) is 2.69. The van der Waals surface area contributed by atoms with Crippen LogP contribution in [-0.2, 0) is 10.0 Å². The number of benzene rings is 2. The normalized spacial score (nSPS) is 11.5. The molecule has 0 aliphatic heterocycles. The van der Waals surface area contributed by atoms with Crippen LogP contribution in [0.4, 0.5) is 5.69 Å². The Kier molecular flexibility index (Phi) is 3.63. The molecule has 9 heteroatoms. The van der Waals surface area contributed by atoms with Crippen molar-refractivity contribution in [1.29, 1.82) is 0 Å². The number of anilines is 1. The van der Waals surface area contributed by atoms with Crippen LogP contribution in [0.3, 0.4) is 0 Å². The molecule has 2 aromatic carbocycles. The van der Waals surface area contributed by atoms with Crippen molar-refractivity contribution in [2.45, 2.75) is 4.90 Å². The van der Waals surface area contributed by atoms with Gasteiger partial charge >= 0.3 is 0 Å². The summed E-state index contributed by atoms with van der Waals surface area (Å²) in [6.07, 6.45) is 0. The number of rotatable bonds is 4. The summed E-state index contributed by atoms with van der Waals surface area (Å²) < 4.78 is 37.3. The molecule has 0 fully saturated rings. The lowest BCUT2D eigenvalue weighted by Gasteiger charge is -2.12. The zero-order chi connectivity index (χ0) is 15.7. The average Bonchev–Trinajstić information content (AvgIpc) is 2.95. The van der Waals surface area contributed by atoms with E-state index in [2.05, 4.69) is 19.7 Å². The Balaban J connectivity index is 2.08. The van der Waals surface area contributed by atoms with E-state index in [1.54, 1.807) is 24.3 Å². The third kappa shape index (κ3) is 2.58. The molecule has 0 saturated carbocycles. The summed E-state index contributed by atoms with van der Waals surface area (Å²) >= 11 is 5.90. The molecule has 0 bridgehead atoms. The lowest BCUT2D eigenvalue weighted by atomic mass is 10.3. The SMILES string of the molecule is COc1ccc(Cl)cc1NS(=O)(=O)c1cccc2nonc12. The first kappa shape index (κ1) is 14.6. The molecular formula is C13H10ClN3O4S. The Morgan fingerprint density at radius 1 is 1.23 bits per heavy atom. The highest BCUT2D eigenvalue weighted by Gasteiger charge is 2.22. The molecule has 1 N–H and O–H groups in total. The lowest BCUT2D eigenvalue weighted by molar-refractivity contribution is 0.315. The maximum Gasteiger partial charge on any atom is 0.264 e. The standard InChI is InChI=1S/C13H10ClN3O4S/c1-20-11-6-5-8(14)7-10(11)17-22(18,19)12-4-2-3-9-13(12)16-21-15-9/h2-7,17H,1H3. The highest BCUT2D eigenvalue weighted by atomic mass is 35.5. The van der Waals surface area contributed by atoms with E-state index in [0.29, 0.717) is 16.3 Å². The predicted molar refractivity (Wildman–Crippen MR) is 80.6 cm³/mol. The molecule has 0 atom stereocenters. The number of ether oxygens (including phenoxy) is 1. The van der Waals surface area contributed by atoms with Crippen LogP contribution in [0.25, 0.3) is 11.0 Å². The minimum Gasteiger partial charge on any atom is -0.495 e. The largest absolute Gasteiger partial charge is 0.495 e. The van der Waals surface area contributed by atoms with Gasteiger partial charge in [-0.25, -0.2) is 13.0 Å². The number of hydrogen-bond donors (Lipinski definition) is 1. The van der Waals surface area contributed by atoms with Crippen LogP contribution < -0.4 is 9.46 Å². The Hall–Kier alpha value is -2.32. The molecule has 0 aliphatic rings. The minimum absolute atomic E-state index is 0.0479. The Morgan fingerprint density at radius 2 is 2.05 bits per heavy atom. The topological polar surface area (TPSA) is 94.3 Å². The molecule has 3 aromatic rings. The van der Waals surface area contributed by atoms with Gasteiger partial charge in [0.15, 0.2) is 5.52 Å². The van der Waals surface area contributed by atoms with Crippen LogP contribution in [0.2, 0.25) is 5.02 Å². The fourth-order valence-electron chi connectivity index (χ4n) is 1.96. The van der Waals surface area contributed by atoms with Crippen LogP contribution in [0, 0.1) is 0 Å². The summed E-state index contributed by atoms with van der Waals surface area (Å²) in [5, 5.41) is 7.62.